The summed E-state index contributed by atoms with van der Waals surface area (Å²) in [5, 5.41) is 10.5. The lowest BCUT2D eigenvalue weighted by Crippen LogP contribution is -2.46. The van der Waals surface area contributed by atoms with Crippen molar-refractivity contribution in [2.45, 2.75) is 147 Å². The molecule has 0 N–H and O–H groups in total. The standard InChI is InChI=1S/C60H72N2Si3/c1-60(2,43-25-26-43)44-27-31-56-52(37-44)54-39-50(64(6,7)47-21-11-10-12-22-47)29-33-58(54)61(56)45-19-15-17-41(35-45)42-18-16-20-46(36-42)62-57-32-28-49(63(3,4)5)38-53(57)55-40-51(30-34-59(55)62)65(8,9)48-23-13-14-24-48/h15-20,27-40,43,47-48H,10-14,21-26H2,1-9H3. The number of benzene rings is 6. The molecule has 8 aromatic rings. The van der Waals surface area contributed by atoms with E-state index >= 15 is 0 Å². The van der Waals surface area contributed by atoms with Crippen LogP contribution in [0.5, 0.6) is 0 Å². The summed E-state index contributed by atoms with van der Waals surface area (Å²) in [6, 6.07) is 48.9. The third-order valence-corrected chi connectivity index (χ3v) is 28.6. The number of hydrogen-bond donors (Lipinski definition) is 0. The highest BCUT2D eigenvalue weighted by Gasteiger charge is 2.40. The van der Waals surface area contributed by atoms with E-state index in [9.17, 15) is 0 Å². The summed E-state index contributed by atoms with van der Waals surface area (Å²) in [4.78, 5) is 0. The highest BCUT2D eigenvalue weighted by atomic mass is 28.3. The monoisotopic (exact) mass is 905 g/mol. The molecule has 0 amide bonds. The van der Waals surface area contributed by atoms with E-state index in [1.807, 2.05) is 0 Å². The fourth-order valence-corrected chi connectivity index (χ4v) is 20.8. The lowest BCUT2D eigenvalue weighted by Gasteiger charge is -2.36. The van der Waals surface area contributed by atoms with Crippen molar-refractivity contribution >= 4 is 83.4 Å². The molecule has 0 spiro atoms. The number of aromatic nitrogens is 2. The zero-order valence-corrected chi connectivity index (χ0v) is 44.0. The normalized spacial score (nSPS) is 17.4. The van der Waals surface area contributed by atoms with Gasteiger partial charge in [0.15, 0.2) is 0 Å². The van der Waals surface area contributed by atoms with Gasteiger partial charge in [0.25, 0.3) is 0 Å². The highest BCUT2D eigenvalue weighted by molar-refractivity contribution is 6.91. The third-order valence-electron chi connectivity index (χ3n) is 17.8. The molecule has 3 aliphatic rings. The second-order valence-corrected chi connectivity index (χ2v) is 38.5. The molecule has 6 aromatic carbocycles. The fourth-order valence-electron chi connectivity index (χ4n) is 12.9. The SMILES string of the molecule is CC(C)(c1ccc2c(c1)c1cc([Si](C)(C)C3CCCCC3)ccc1n2-c1cccc(-c2cccc(-n3c4ccc([Si](C)(C)C)cc4c4cc([Si](C)(C)C5CCCC5)ccc43)c2)c1)C1CC1. The van der Waals surface area contributed by atoms with Gasteiger partial charge in [-0.3, -0.25) is 0 Å². The zero-order valence-electron chi connectivity index (χ0n) is 41.0. The molecule has 334 valence electrons. The van der Waals surface area contributed by atoms with E-state index in [-0.39, 0.29) is 5.41 Å². The van der Waals surface area contributed by atoms with Crippen LogP contribution < -0.4 is 15.6 Å². The quantitative estimate of drug-likeness (QED) is 0.121. The van der Waals surface area contributed by atoms with Gasteiger partial charge < -0.3 is 9.13 Å². The zero-order chi connectivity index (χ0) is 45.0. The molecule has 3 fully saturated rings. The van der Waals surface area contributed by atoms with Crippen molar-refractivity contribution < 1.29 is 0 Å². The lowest BCUT2D eigenvalue weighted by atomic mass is 9.79. The average Bonchev–Trinajstić information content (AvgIpc) is 3.79. The Balaban J connectivity index is 1.04. The van der Waals surface area contributed by atoms with Gasteiger partial charge in [0.2, 0.25) is 0 Å². The Hall–Kier alpha value is -4.43. The maximum atomic E-state index is 2.66. The van der Waals surface area contributed by atoms with Gasteiger partial charge in [0.1, 0.15) is 0 Å². The predicted octanol–water partition coefficient (Wildman–Crippen LogP) is 15.9. The van der Waals surface area contributed by atoms with Crippen molar-refractivity contribution in [3.63, 3.8) is 0 Å². The van der Waals surface area contributed by atoms with Gasteiger partial charge in [0, 0.05) is 32.9 Å². The van der Waals surface area contributed by atoms with Crippen molar-refractivity contribution in [1.29, 1.82) is 0 Å². The number of nitrogens with zero attached hydrogens (tertiary/aromatic N) is 2. The minimum Gasteiger partial charge on any atom is -0.309 e. The molecule has 0 saturated heterocycles. The minimum atomic E-state index is -1.66. The van der Waals surface area contributed by atoms with Crippen LogP contribution in [0.4, 0.5) is 0 Å². The second-order valence-electron chi connectivity index (χ2n) is 23.7. The van der Waals surface area contributed by atoms with Crippen molar-refractivity contribution in [2.75, 3.05) is 0 Å². The molecule has 3 aliphatic carbocycles. The Morgan fingerprint density at radius 1 is 0.415 bits per heavy atom. The fraction of sp³-hybridized carbons (Fsp3) is 0.400. The first-order valence-corrected chi connectivity index (χ1v) is 35.2. The first-order chi connectivity index (χ1) is 31.1. The second kappa shape index (κ2) is 15.8. The minimum absolute atomic E-state index is 0.185. The number of hydrogen-bond acceptors (Lipinski definition) is 0. The molecule has 3 saturated carbocycles. The molecule has 0 unspecified atom stereocenters. The largest absolute Gasteiger partial charge is 0.309 e. The summed E-state index contributed by atoms with van der Waals surface area (Å²) in [5.74, 6) is 0.784. The van der Waals surface area contributed by atoms with E-state index in [1.165, 1.54) is 147 Å². The van der Waals surface area contributed by atoms with Crippen LogP contribution in [0.25, 0.3) is 66.1 Å². The molecule has 0 atom stereocenters. The molecule has 0 bridgehead atoms. The Labute approximate surface area is 392 Å². The van der Waals surface area contributed by atoms with Crippen molar-refractivity contribution in [1.82, 2.24) is 9.13 Å². The molecule has 0 radical (unpaired) electrons. The van der Waals surface area contributed by atoms with E-state index in [2.05, 4.69) is 190 Å². The van der Waals surface area contributed by atoms with Crippen LogP contribution in [0.3, 0.4) is 0 Å². The first kappa shape index (κ1) is 43.2. The Morgan fingerprint density at radius 3 is 1.26 bits per heavy atom. The summed E-state index contributed by atoms with van der Waals surface area (Å²) in [6.45, 7) is 23.0. The average molecular weight is 906 g/mol. The van der Waals surface area contributed by atoms with Crippen LogP contribution in [0.1, 0.15) is 90.0 Å². The lowest BCUT2D eigenvalue weighted by molar-refractivity contribution is 0.455. The van der Waals surface area contributed by atoms with Crippen LogP contribution in [0, 0.1) is 5.92 Å². The van der Waals surface area contributed by atoms with Gasteiger partial charge in [-0.2, -0.15) is 0 Å². The molecule has 0 aliphatic heterocycles. The summed E-state index contributed by atoms with van der Waals surface area (Å²) < 4.78 is 5.13. The van der Waals surface area contributed by atoms with Crippen LogP contribution >= 0.6 is 0 Å². The molecule has 2 nitrogen and oxygen atoms in total. The van der Waals surface area contributed by atoms with Crippen molar-refractivity contribution in [2.24, 2.45) is 5.92 Å². The molecule has 2 heterocycles. The van der Waals surface area contributed by atoms with E-state index in [1.54, 1.807) is 10.4 Å². The molecule has 11 rings (SSSR count). The topological polar surface area (TPSA) is 9.86 Å². The van der Waals surface area contributed by atoms with Crippen molar-refractivity contribution in [3.8, 4) is 22.5 Å². The van der Waals surface area contributed by atoms with Gasteiger partial charge >= 0.3 is 0 Å². The maximum absolute atomic E-state index is 2.66. The van der Waals surface area contributed by atoms with Gasteiger partial charge in [-0.1, -0.05) is 200 Å². The van der Waals surface area contributed by atoms with Crippen LogP contribution in [-0.2, 0) is 5.41 Å². The van der Waals surface area contributed by atoms with Gasteiger partial charge in [-0.05, 0) is 107 Å². The van der Waals surface area contributed by atoms with Crippen molar-refractivity contribution in [3.05, 3.63) is 127 Å². The van der Waals surface area contributed by atoms with E-state index in [0.717, 1.165) is 17.0 Å². The Morgan fingerprint density at radius 2 is 0.815 bits per heavy atom. The summed E-state index contributed by atoms with van der Waals surface area (Å²) >= 11 is 0. The van der Waals surface area contributed by atoms with Crippen LogP contribution in [0.2, 0.25) is 56.9 Å². The van der Waals surface area contributed by atoms with Crippen LogP contribution in [0.15, 0.2) is 121 Å². The van der Waals surface area contributed by atoms with Gasteiger partial charge in [-0.25, -0.2) is 0 Å². The Kier molecular flexibility index (Phi) is 10.5. The Bertz CT molecular complexity index is 3120. The smallest absolute Gasteiger partial charge is 0.0837 e. The highest BCUT2D eigenvalue weighted by Crippen LogP contribution is 2.48. The summed E-state index contributed by atoms with van der Waals surface area (Å²) in [5.41, 5.74) is 13.7. The van der Waals surface area contributed by atoms with E-state index < -0.39 is 24.2 Å². The summed E-state index contributed by atoms with van der Waals surface area (Å²) in [6.07, 6.45) is 15.4. The molecule has 2 aromatic heterocycles. The maximum Gasteiger partial charge on any atom is 0.0837 e. The predicted molar refractivity (Wildman–Crippen MR) is 293 cm³/mol. The van der Waals surface area contributed by atoms with E-state index in [4.69, 9.17) is 0 Å². The van der Waals surface area contributed by atoms with E-state index in [0.29, 0.717) is 0 Å². The van der Waals surface area contributed by atoms with Crippen LogP contribution in [-0.4, -0.2) is 33.4 Å². The molecular weight excluding hydrogens is 833 g/mol. The van der Waals surface area contributed by atoms with Gasteiger partial charge in [-0.15, -0.1) is 0 Å². The van der Waals surface area contributed by atoms with Gasteiger partial charge in [0.05, 0.1) is 46.3 Å². The molecular formula is C60H72N2Si3. The third kappa shape index (κ3) is 7.38. The molecule has 5 heteroatoms. The number of rotatable bonds is 10. The molecule has 65 heavy (non-hydrogen) atoms. The number of fused-ring (bicyclic) bond motifs is 6. The first-order valence-electron chi connectivity index (χ1n) is 25.5. The summed E-state index contributed by atoms with van der Waals surface area (Å²) in [7, 11) is -4.81.